The third-order valence-corrected chi connectivity index (χ3v) is 5.06. The van der Waals surface area contributed by atoms with E-state index in [0.717, 1.165) is 18.3 Å². The Balaban J connectivity index is 1.73. The maximum absolute atomic E-state index is 9.64. The highest BCUT2D eigenvalue weighted by Crippen LogP contribution is 2.35. The smallest absolute Gasteiger partial charge is 0.115 e. The second-order valence-corrected chi connectivity index (χ2v) is 7.11. The van der Waals surface area contributed by atoms with Crippen LogP contribution in [0.1, 0.15) is 63.1 Å². The van der Waals surface area contributed by atoms with Crippen LogP contribution in [-0.4, -0.2) is 11.1 Å². The van der Waals surface area contributed by atoms with Gasteiger partial charge in [-0.1, -0.05) is 19.9 Å². The lowest BCUT2D eigenvalue weighted by Crippen LogP contribution is -2.39. The van der Waals surface area contributed by atoms with E-state index in [4.69, 9.17) is 0 Å². The molecule has 2 aliphatic carbocycles. The highest BCUT2D eigenvalue weighted by atomic mass is 16.3. The molecule has 0 amide bonds. The number of hydrogen-bond acceptors (Lipinski definition) is 2. The summed E-state index contributed by atoms with van der Waals surface area (Å²) in [6.07, 6.45) is 7.58. The summed E-state index contributed by atoms with van der Waals surface area (Å²) in [5.74, 6) is 2.10. The van der Waals surface area contributed by atoms with Crippen LogP contribution in [0.4, 0.5) is 0 Å². The van der Waals surface area contributed by atoms with Gasteiger partial charge in [0.15, 0.2) is 0 Å². The van der Waals surface area contributed by atoms with E-state index in [2.05, 4.69) is 25.2 Å². The van der Waals surface area contributed by atoms with Gasteiger partial charge in [-0.25, -0.2) is 0 Å². The standard InChI is InChI=1S/C18H27NO/c1-12-8-13(2)10-15(9-12)19-18-5-3-4-14-11-16(20)6-7-17(14)18/h6-7,11-13,15,18-20H,3-5,8-10H2,1-2H3. The summed E-state index contributed by atoms with van der Waals surface area (Å²) in [6.45, 7) is 4.77. The van der Waals surface area contributed by atoms with Crippen LogP contribution in [0.2, 0.25) is 0 Å². The van der Waals surface area contributed by atoms with Crippen LogP contribution < -0.4 is 5.32 Å². The van der Waals surface area contributed by atoms with Crippen LogP contribution in [0, 0.1) is 11.8 Å². The maximum Gasteiger partial charge on any atom is 0.115 e. The zero-order valence-corrected chi connectivity index (χ0v) is 12.7. The SMILES string of the molecule is CC1CC(C)CC(NC2CCCc3cc(O)ccc32)C1. The summed E-state index contributed by atoms with van der Waals surface area (Å²) in [7, 11) is 0. The van der Waals surface area contributed by atoms with Gasteiger partial charge >= 0.3 is 0 Å². The van der Waals surface area contributed by atoms with Crippen molar-refractivity contribution in [2.75, 3.05) is 0 Å². The summed E-state index contributed by atoms with van der Waals surface area (Å²) in [5.41, 5.74) is 2.76. The average molecular weight is 273 g/mol. The molecule has 110 valence electrons. The number of nitrogens with one attached hydrogen (secondary N) is 1. The Bertz CT molecular complexity index is 460. The summed E-state index contributed by atoms with van der Waals surface area (Å²) in [6, 6.07) is 7.07. The topological polar surface area (TPSA) is 32.3 Å². The fraction of sp³-hybridized carbons (Fsp3) is 0.667. The minimum atomic E-state index is 0.407. The van der Waals surface area contributed by atoms with E-state index in [0.29, 0.717) is 17.8 Å². The highest BCUT2D eigenvalue weighted by molar-refractivity contribution is 5.38. The van der Waals surface area contributed by atoms with Crippen LogP contribution in [0.25, 0.3) is 0 Å². The second kappa shape index (κ2) is 5.77. The van der Waals surface area contributed by atoms with Crippen molar-refractivity contribution in [1.29, 1.82) is 0 Å². The van der Waals surface area contributed by atoms with Crippen LogP contribution >= 0.6 is 0 Å². The van der Waals surface area contributed by atoms with Crippen molar-refractivity contribution in [2.45, 2.75) is 64.5 Å². The van der Waals surface area contributed by atoms with Gasteiger partial charge < -0.3 is 10.4 Å². The molecule has 2 aliphatic rings. The van der Waals surface area contributed by atoms with Gasteiger partial charge in [0.2, 0.25) is 0 Å². The van der Waals surface area contributed by atoms with Crippen LogP contribution in [0.3, 0.4) is 0 Å². The molecule has 2 N–H and O–H groups in total. The van der Waals surface area contributed by atoms with E-state index in [1.165, 1.54) is 43.2 Å². The molecule has 1 saturated carbocycles. The fourth-order valence-electron chi connectivity index (χ4n) is 4.34. The van der Waals surface area contributed by atoms with Crippen molar-refractivity contribution in [2.24, 2.45) is 11.8 Å². The molecule has 0 spiro atoms. The number of aryl methyl sites for hydroxylation is 1. The van der Waals surface area contributed by atoms with E-state index >= 15 is 0 Å². The summed E-state index contributed by atoms with van der Waals surface area (Å²) < 4.78 is 0. The summed E-state index contributed by atoms with van der Waals surface area (Å²) >= 11 is 0. The fourth-order valence-corrected chi connectivity index (χ4v) is 4.34. The van der Waals surface area contributed by atoms with Crippen molar-refractivity contribution in [3.8, 4) is 5.75 Å². The molecule has 1 fully saturated rings. The number of phenols is 1. The number of benzene rings is 1. The van der Waals surface area contributed by atoms with Gasteiger partial charge in [-0.3, -0.25) is 0 Å². The first kappa shape index (κ1) is 13.9. The van der Waals surface area contributed by atoms with E-state index in [-0.39, 0.29) is 0 Å². The first-order chi connectivity index (χ1) is 9.61. The molecule has 2 nitrogen and oxygen atoms in total. The molecular formula is C18H27NO. The molecule has 0 bridgehead atoms. The minimum absolute atomic E-state index is 0.407. The Morgan fingerprint density at radius 1 is 1.10 bits per heavy atom. The van der Waals surface area contributed by atoms with Gasteiger partial charge in [0, 0.05) is 12.1 Å². The molecule has 3 unspecified atom stereocenters. The lowest BCUT2D eigenvalue weighted by atomic mass is 9.79. The zero-order chi connectivity index (χ0) is 14.1. The van der Waals surface area contributed by atoms with E-state index < -0.39 is 0 Å². The van der Waals surface area contributed by atoms with Gasteiger partial charge in [0.1, 0.15) is 5.75 Å². The van der Waals surface area contributed by atoms with Crippen LogP contribution in [-0.2, 0) is 6.42 Å². The third kappa shape index (κ3) is 3.01. The zero-order valence-electron chi connectivity index (χ0n) is 12.7. The van der Waals surface area contributed by atoms with Crippen molar-refractivity contribution >= 4 is 0 Å². The minimum Gasteiger partial charge on any atom is -0.508 e. The molecule has 0 aromatic heterocycles. The molecule has 3 atom stereocenters. The van der Waals surface area contributed by atoms with Crippen LogP contribution in [0.5, 0.6) is 5.75 Å². The first-order valence-electron chi connectivity index (χ1n) is 8.19. The number of hydrogen-bond donors (Lipinski definition) is 2. The second-order valence-electron chi connectivity index (χ2n) is 7.11. The Kier molecular flexibility index (Phi) is 4.02. The lowest BCUT2D eigenvalue weighted by molar-refractivity contribution is 0.220. The number of aromatic hydroxyl groups is 1. The predicted molar refractivity (Wildman–Crippen MR) is 82.9 cm³/mol. The normalized spacial score (nSPS) is 33.7. The van der Waals surface area contributed by atoms with E-state index in [1.54, 1.807) is 0 Å². The van der Waals surface area contributed by atoms with E-state index in [9.17, 15) is 5.11 Å². The third-order valence-electron chi connectivity index (χ3n) is 5.06. The molecule has 2 heteroatoms. The summed E-state index contributed by atoms with van der Waals surface area (Å²) in [4.78, 5) is 0. The number of rotatable bonds is 2. The van der Waals surface area contributed by atoms with Gasteiger partial charge in [0.25, 0.3) is 0 Å². The molecular weight excluding hydrogens is 246 g/mol. The first-order valence-corrected chi connectivity index (χ1v) is 8.19. The van der Waals surface area contributed by atoms with Crippen molar-refractivity contribution in [3.05, 3.63) is 29.3 Å². The van der Waals surface area contributed by atoms with Crippen LogP contribution in [0.15, 0.2) is 18.2 Å². The van der Waals surface area contributed by atoms with Gasteiger partial charge in [-0.2, -0.15) is 0 Å². The maximum atomic E-state index is 9.64. The number of phenolic OH excluding ortho intramolecular Hbond substituents is 1. The lowest BCUT2D eigenvalue weighted by Gasteiger charge is -2.36. The molecule has 0 aliphatic heterocycles. The molecule has 3 rings (SSSR count). The van der Waals surface area contributed by atoms with Gasteiger partial charge in [-0.05, 0) is 73.6 Å². The molecule has 1 aromatic carbocycles. The summed E-state index contributed by atoms with van der Waals surface area (Å²) in [5, 5.41) is 13.6. The molecule has 0 saturated heterocycles. The number of fused-ring (bicyclic) bond motifs is 1. The van der Waals surface area contributed by atoms with Crippen molar-refractivity contribution in [3.63, 3.8) is 0 Å². The Labute approximate surface area is 122 Å². The largest absolute Gasteiger partial charge is 0.508 e. The molecule has 0 radical (unpaired) electrons. The Morgan fingerprint density at radius 3 is 2.60 bits per heavy atom. The predicted octanol–water partition coefficient (Wildman–Crippen LogP) is 4.18. The average Bonchev–Trinajstić information content (AvgIpc) is 2.37. The van der Waals surface area contributed by atoms with Crippen molar-refractivity contribution < 1.29 is 5.11 Å². The Hall–Kier alpha value is -1.02. The van der Waals surface area contributed by atoms with Crippen molar-refractivity contribution in [1.82, 2.24) is 5.32 Å². The molecule has 20 heavy (non-hydrogen) atoms. The quantitative estimate of drug-likeness (QED) is 0.847. The van der Waals surface area contributed by atoms with Gasteiger partial charge in [0.05, 0.1) is 0 Å². The van der Waals surface area contributed by atoms with Gasteiger partial charge in [-0.15, -0.1) is 0 Å². The van der Waals surface area contributed by atoms with E-state index in [1.807, 2.05) is 12.1 Å². The molecule has 1 aromatic rings. The highest BCUT2D eigenvalue weighted by Gasteiger charge is 2.28. The monoisotopic (exact) mass is 273 g/mol. The Morgan fingerprint density at radius 2 is 1.85 bits per heavy atom. The molecule has 0 heterocycles.